The molecule has 0 aliphatic heterocycles. The van der Waals surface area contributed by atoms with Crippen LogP contribution < -0.4 is 0 Å². The van der Waals surface area contributed by atoms with E-state index in [1.54, 1.807) is 6.92 Å². The van der Waals surface area contributed by atoms with E-state index in [0.29, 0.717) is 0 Å². The molecule has 1 aromatic carbocycles. The van der Waals surface area contributed by atoms with Gasteiger partial charge in [0, 0.05) is 11.7 Å². The molecular weight excluding hydrogens is 274 g/mol. The summed E-state index contributed by atoms with van der Waals surface area (Å²) in [7, 11) is -3.35. The van der Waals surface area contributed by atoms with Crippen molar-refractivity contribution in [1.82, 2.24) is 0 Å². The molecule has 108 valence electrons. The van der Waals surface area contributed by atoms with Crippen LogP contribution in [0.2, 0.25) is 0 Å². The molecule has 1 aromatic rings. The molecule has 0 heterocycles. The molecule has 20 heavy (non-hydrogen) atoms. The zero-order valence-corrected chi connectivity index (χ0v) is 12.5. The van der Waals surface area contributed by atoms with Crippen molar-refractivity contribution in [2.45, 2.75) is 31.4 Å². The summed E-state index contributed by atoms with van der Waals surface area (Å²) in [6, 6.07) is 9.68. The Morgan fingerprint density at radius 3 is 2.30 bits per heavy atom. The Morgan fingerprint density at radius 1 is 1.30 bits per heavy atom. The van der Waals surface area contributed by atoms with E-state index in [1.165, 1.54) is 0 Å². The highest BCUT2D eigenvalue weighted by Gasteiger charge is 2.71. The number of aryl methyl sites for hydroxylation is 1. The number of nitriles is 1. The van der Waals surface area contributed by atoms with Crippen molar-refractivity contribution in [3.63, 3.8) is 0 Å². The zero-order valence-electron chi connectivity index (χ0n) is 11.7. The first-order valence-corrected chi connectivity index (χ1v) is 8.51. The first-order chi connectivity index (χ1) is 9.46. The van der Waals surface area contributed by atoms with Gasteiger partial charge in [0.2, 0.25) is 0 Å². The van der Waals surface area contributed by atoms with Crippen molar-refractivity contribution >= 4 is 9.84 Å². The van der Waals surface area contributed by atoms with Gasteiger partial charge in [-0.25, -0.2) is 8.42 Å². The Morgan fingerprint density at radius 2 is 1.90 bits per heavy atom. The smallest absolute Gasteiger partial charge is 0.155 e. The fourth-order valence-electron chi connectivity index (χ4n) is 2.90. The number of aliphatic hydroxyl groups excluding tert-OH is 1. The summed E-state index contributed by atoms with van der Waals surface area (Å²) in [5, 5.41) is 18.1. The number of nitrogens with zero attached hydrogens (tertiary/aromatic N) is 1. The van der Waals surface area contributed by atoms with Crippen molar-refractivity contribution in [1.29, 1.82) is 5.26 Å². The molecule has 1 saturated carbocycles. The maximum atomic E-state index is 12.1. The van der Waals surface area contributed by atoms with Crippen LogP contribution in [-0.2, 0) is 16.3 Å². The first-order valence-electron chi connectivity index (χ1n) is 6.79. The van der Waals surface area contributed by atoms with Crippen molar-refractivity contribution in [2.75, 3.05) is 12.4 Å². The van der Waals surface area contributed by atoms with Gasteiger partial charge in [-0.1, -0.05) is 38.1 Å². The zero-order chi connectivity index (χ0) is 15.0. The van der Waals surface area contributed by atoms with Crippen molar-refractivity contribution in [3.05, 3.63) is 35.4 Å². The Balaban J connectivity index is 2.42. The van der Waals surface area contributed by atoms with Gasteiger partial charge >= 0.3 is 0 Å². The largest absolute Gasteiger partial charge is 0.395 e. The predicted molar refractivity (Wildman–Crippen MR) is 76.9 cm³/mol. The minimum atomic E-state index is -3.35. The van der Waals surface area contributed by atoms with Gasteiger partial charge in [-0.3, -0.25) is 0 Å². The summed E-state index contributed by atoms with van der Waals surface area (Å²) in [5.74, 6) is -0.432. The lowest BCUT2D eigenvalue weighted by Crippen LogP contribution is -2.19. The molecule has 0 amide bonds. The average Bonchev–Trinajstić information content (AvgIpc) is 3.18. The molecule has 2 rings (SSSR count). The first kappa shape index (κ1) is 15.0. The molecule has 0 aromatic heterocycles. The topological polar surface area (TPSA) is 78.2 Å². The van der Waals surface area contributed by atoms with E-state index >= 15 is 0 Å². The summed E-state index contributed by atoms with van der Waals surface area (Å²) in [4.78, 5) is 0. The van der Waals surface area contributed by atoms with Crippen LogP contribution in [0.5, 0.6) is 0 Å². The minimum absolute atomic E-state index is 0.00929. The molecule has 5 heteroatoms. The number of aliphatic hydroxyl groups is 1. The summed E-state index contributed by atoms with van der Waals surface area (Å²) >= 11 is 0. The second-order valence-corrected chi connectivity index (χ2v) is 7.67. The second-order valence-electron chi connectivity index (χ2n) is 5.26. The molecule has 4 nitrogen and oxygen atoms in total. The van der Waals surface area contributed by atoms with Crippen molar-refractivity contribution < 1.29 is 13.5 Å². The van der Waals surface area contributed by atoms with E-state index in [-0.39, 0.29) is 5.75 Å². The van der Waals surface area contributed by atoms with Crippen LogP contribution in [0.1, 0.15) is 30.9 Å². The van der Waals surface area contributed by atoms with Gasteiger partial charge < -0.3 is 5.11 Å². The van der Waals surface area contributed by atoms with Crippen LogP contribution in [0, 0.1) is 16.7 Å². The Kier molecular flexibility index (Phi) is 3.90. The highest BCUT2D eigenvalue weighted by atomic mass is 32.2. The van der Waals surface area contributed by atoms with E-state index in [4.69, 9.17) is 0 Å². The summed E-state index contributed by atoms with van der Waals surface area (Å²) in [5.41, 5.74) is 0.804. The van der Waals surface area contributed by atoms with Crippen molar-refractivity contribution in [3.8, 4) is 6.07 Å². The van der Waals surface area contributed by atoms with Gasteiger partial charge in [0.05, 0.1) is 17.9 Å². The minimum Gasteiger partial charge on any atom is -0.395 e. The van der Waals surface area contributed by atoms with E-state index < -0.39 is 33.0 Å². The van der Waals surface area contributed by atoms with E-state index in [1.807, 2.05) is 37.3 Å². The maximum absolute atomic E-state index is 12.1. The molecule has 0 saturated heterocycles. The van der Waals surface area contributed by atoms with Gasteiger partial charge in [0.15, 0.2) is 9.84 Å². The number of sulfone groups is 1. The number of benzene rings is 1. The lowest BCUT2D eigenvalue weighted by molar-refractivity contribution is 0.242. The lowest BCUT2D eigenvalue weighted by atomic mass is 10.00. The van der Waals surface area contributed by atoms with Crippen molar-refractivity contribution in [2.24, 2.45) is 5.41 Å². The number of hydrogen-bond acceptors (Lipinski definition) is 4. The third kappa shape index (κ3) is 2.13. The molecule has 1 aliphatic carbocycles. The van der Waals surface area contributed by atoms with Crippen LogP contribution in [0.4, 0.5) is 0 Å². The maximum Gasteiger partial charge on any atom is 0.155 e. The standard InChI is InChI=1S/C15H19NO3S/c1-3-11-5-7-12(8-6-11)13-14(20(18,19)4-2)15(13,9-16)10-17/h5-8,13-14,17H,3-4,10H2,1-2H3. The fourth-order valence-corrected chi connectivity index (χ4v) is 4.91. The van der Waals surface area contributed by atoms with Gasteiger partial charge in [0.1, 0.15) is 5.41 Å². The molecule has 0 spiro atoms. The molecule has 1 aliphatic rings. The van der Waals surface area contributed by atoms with Gasteiger partial charge in [0.25, 0.3) is 0 Å². The highest BCUT2D eigenvalue weighted by Crippen LogP contribution is 2.62. The monoisotopic (exact) mass is 293 g/mol. The molecule has 0 bridgehead atoms. The second kappa shape index (κ2) is 5.19. The number of rotatable bonds is 5. The lowest BCUT2D eigenvalue weighted by Gasteiger charge is -2.04. The summed E-state index contributed by atoms with van der Waals surface area (Å²) < 4.78 is 24.3. The third-order valence-corrected chi connectivity index (χ3v) is 6.53. The Bertz CT molecular complexity index is 630. The van der Waals surface area contributed by atoms with Crippen LogP contribution >= 0.6 is 0 Å². The molecule has 1 N–H and O–H groups in total. The molecule has 3 unspecified atom stereocenters. The fraction of sp³-hybridized carbons (Fsp3) is 0.533. The van der Waals surface area contributed by atoms with Crippen LogP contribution in [-0.4, -0.2) is 31.1 Å². The van der Waals surface area contributed by atoms with Gasteiger partial charge in [-0.15, -0.1) is 0 Å². The van der Waals surface area contributed by atoms with E-state index in [2.05, 4.69) is 0 Å². The quantitative estimate of drug-likeness (QED) is 0.895. The molecule has 1 fully saturated rings. The SMILES string of the molecule is CCc1ccc(C2C(S(=O)(=O)CC)C2(C#N)CO)cc1. The van der Waals surface area contributed by atoms with E-state index in [9.17, 15) is 18.8 Å². The van der Waals surface area contributed by atoms with Gasteiger partial charge in [-0.2, -0.15) is 5.26 Å². The number of hydrogen-bond donors (Lipinski definition) is 1. The predicted octanol–water partition coefficient (Wildman–Crippen LogP) is 1.65. The normalized spacial score (nSPS) is 28.9. The van der Waals surface area contributed by atoms with Crippen LogP contribution in [0.25, 0.3) is 0 Å². The third-order valence-electron chi connectivity index (χ3n) is 4.26. The molecule has 0 radical (unpaired) electrons. The average molecular weight is 293 g/mol. The summed E-state index contributed by atoms with van der Waals surface area (Å²) in [6.45, 7) is 3.20. The van der Waals surface area contributed by atoms with Gasteiger partial charge in [-0.05, 0) is 17.5 Å². The Labute approximate surface area is 120 Å². The molecular formula is C15H19NO3S. The summed E-state index contributed by atoms with van der Waals surface area (Å²) in [6.07, 6.45) is 0.908. The van der Waals surface area contributed by atoms with E-state index in [0.717, 1.165) is 17.5 Å². The molecule has 3 atom stereocenters. The Hall–Kier alpha value is -1.38. The van der Waals surface area contributed by atoms with Crippen LogP contribution in [0.15, 0.2) is 24.3 Å². The van der Waals surface area contributed by atoms with Crippen LogP contribution in [0.3, 0.4) is 0 Å². The highest BCUT2D eigenvalue weighted by molar-refractivity contribution is 7.92.